The Morgan fingerprint density at radius 1 is 1.41 bits per heavy atom. The van der Waals surface area contributed by atoms with E-state index in [1.165, 1.54) is 16.5 Å². The van der Waals surface area contributed by atoms with Crippen molar-refractivity contribution < 1.29 is 19.7 Å². The van der Waals surface area contributed by atoms with Crippen LogP contribution in [0.4, 0.5) is 20.3 Å². The first-order chi connectivity index (χ1) is 13.6. The molecule has 0 aliphatic carbocycles. The Morgan fingerprint density at radius 2 is 2.10 bits per heavy atom. The second-order valence-electron chi connectivity index (χ2n) is 7.08. The second-order valence-corrected chi connectivity index (χ2v) is 7.08. The van der Waals surface area contributed by atoms with Gasteiger partial charge < -0.3 is 20.1 Å². The average Bonchev–Trinajstić information content (AvgIpc) is 3.04. The highest BCUT2D eigenvalue weighted by atomic mass is 19.3. The number of ether oxygens (including phenoxy) is 2. The Morgan fingerprint density at radius 3 is 2.72 bits per heavy atom. The largest absolute Gasteiger partial charge is 0.488 e. The van der Waals surface area contributed by atoms with E-state index >= 15 is 0 Å². The number of nitrogens with one attached hydrogen (secondary N) is 1. The maximum atomic E-state index is 13.7. The van der Waals surface area contributed by atoms with Crippen LogP contribution in [-0.2, 0) is 11.8 Å². The van der Waals surface area contributed by atoms with Gasteiger partial charge in [0.2, 0.25) is 0 Å². The van der Waals surface area contributed by atoms with E-state index in [9.17, 15) is 8.78 Å². The maximum absolute atomic E-state index is 13.7. The molecule has 0 radical (unpaired) electrons. The molecule has 0 amide bonds. The summed E-state index contributed by atoms with van der Waals surface area (Å²) in [7, 11) is 4.81. The summed E-state index contributed by atoms with van der Waals surface area (Å²) in [6, 6.07) is 6.69. The number of alkyl halides is 2. The van der Waals surface area contributed by atoms with Gasteiger partial charge in [-0.05, 0) is 25.1 Å². The molecule has 3 N–H and O–H groups in total. The molecule has 0 saturated heterocycles. The summed E-state index contributed by atoms with van der Waals surface area (Å²) >= 11 is 0. The molecule has 0 fully saturated rings. The number of nitrogen functional groups attached to an aromatic ring is 1. The predicted octanol–water partition coefficient (Wildman–Crippen LogP) is 3.56. The van der Waals surface area contributed by atoms with Gasteiger partial charge in [0.15, 0.2) is 5.82 Å². The highest BCUT2D eigenvalue weighted by Gasteiger charge is 2.29. The first-order valence-corrected chi connectivity index (χ1v) is 9.35. The van der Waals surface area contributed by atoms with Gasteiger partial charge in [-0.2, -0.15) is 5.10 Å². The lowest BCUT2D eigenvalue weighted by Gasteiger charge is -2.22. The summed E-state index contributed by atoms with van der Waals surface area (Å²) in [5.74, 6) is -1.89. The molecule has 1 atom stereocenters. The lowest BCUT2D eigenvalue weighted by molar-refractivity contribution is 0.00606. The molecule has 1 heterocycles. The minimum atomic E-state index is -2.81. The zero-order chi connectivity index (χ0) is 21.8. The molecule has 162 valence electrons. The molecule has 2 rings (SSSR count). The molecule has 0 aliphatic rings. The molecule has 0 saturated carbocycles. The first-order valence-electron chi connectivity index (χ1n) is 9.35. The SMILES string of the molecule is CCC(F)(F)CN(C)c1cc(C(=N)c2cc(O[C@@H](C)COC)ccc2N)n(C)n1.[HH]. The van der Waals surface area contributed by atoms with Gasteiger partial charge in [0.25, 0.3) is 5.92 Å². The molecule has 1 aromatic carbocycles. The van der Waals surface area contributed by atoms with Crippen molar-refractivity contribution in [3.05, 3.63) is 35.5 Å². The van der Waals surface area contributed by atoms with Crippen molar-refractivity contribution in [2.45, 2.75) is 32.3 Å². The van der Waals surface area contributed by atoms with E-state index in [-0.39, 0.29) is 19.7 Å². The number of aromatic nitrogens is 2. The number of hydrogen-bond donors (Lipinski definition) is 2. The molecular weight excluding hydrogens is 380 g/mol. The molecule has 0 aliphatic heterocycles. The highest BCUT2D eigenvalue weighted by Crippen LogP contribution is 2.26. The smallest absolute Gasteiger partial charge is 0.265 e. The van der Waals surface area contributed by atoms with Crippen molar-refractivity contribution >= 4 is 17.2 Å². The Labute approximate surface area is 171 Å². The van der Waals surface area contributed by atoms with E-state index in [1.54, 1.807) is 45.5 Å². The normalized spacial score (nSPS) is 12.7. The Kier molecular flexibility index (Phi) is 7.18. The number of halogens is 2. The molecule has 0 bridgehead atoms. The predicted molar refractivity (Wildman–Crippen MR) is 113 cm³/mol. The average molecular weight is 411 g/mol. The fraction of sp³-hybridized carbons (Fsp3) is 0.500. The van der Waals surface area contributed by atoms with Gasteiger partial charge in [0.1, 0.15) is 11.9 Å². The summed E-state index contributed by atoms with van der Waals surface area (Å²) in [5.41, 5.74) is 7.55. The molecular formula is C20H31F2N5O2. The van der Waals surface area contributed by atoms with Crippen molar-refractivity contribution in [1.29, 1.82) is 5.41 Å². The summed E-state index contributed by atoms with van der Waals surface area (Å²) in [6.45, 7) is 3.30. The Balaban J connectivity index is 0.00000450. The van der Waals surface area contributed by atoms with Gasteiger partial charge in [-0.15, -0.1) is 0 Å². The molecule has 1 aromatic heterocycles. The zero-order valence-electron chi connectivity index (χ0n) is 17.5. The number of nitrogens with two attached hydrogens (primary N) is 1. The van der Waals surface area contributed by atoms with Crippen LogP contribution in [0.5, 0.6) is 5.75 Å². The van der Waals surface area contributed by atoms with Crippen LogP contribution in [0.2, 0.25) is 0 Å². The lowest BCUT2D eigenvalue weighted by Crippen LogP contribution is -2.34. The van der Waals surface area contributed by atoms with Crippen LogP contribution in [0.15, 0.2) is 24.3 Å². The van der Waals surface area contributed by atoms with Gasteiger partial charge in [-0.3, -0.25) is 10.1 Å². The van der Waals surface area contributed by atoms with Crippen molar-refractivity contribution in [3.8, 4) is 5.75 Å². The van der Waals surface area contributed by atoms with Crippen LogP contribution >= 0.6 is 0 Å². The Hall–Kier alpha value is -2.68. The van der Waals surface area contributed by atoms with Gasteiger partial charge in [0, 0.05) is 46.4 Å². The van der Waals surface area contributed by atoms with Crippen molar-refractivity contribution in [2.24, 2.45) is 7.05 Å². The van der Waals surface area contributed by atoms with E-state index in [4.69, 9.17) is 20.6 Å². The van der Waals surface area contributed by atoms with Gasteiger partial charge in [0.05, 0.1) is 24.6 Å². The number of anilines is 2. The van der Waals surface area contributed by atoms with E-state index in [0.29, 0.717) is 35.1 Å². The van der Waals surface area contributed by atoms with Crippen LogP contribution in [0.1, 0.15) is 33.0 Å². The number of methoxy groups -OCH3 is 1. The summed E-state index contributed by atoms with van der Waals surface area (Å²) in [6.07, 6.45) is -0.416. The minimum absolute atomic E-state index is 0. The zero-order valence-corrected chi connectivity index (χ0v) is 17.5. The fourth-order valence-corrected chi connectivity index (χ4v) is 2.88. The van der Waals surface area contributed by atoms with Crippen molar-refractivity contribution in [2.75, 3.05) is 37.9 Å². The number of aryl methyl sites for hydroxylation is 1. The summed E-state index contributed by atoms with van der Waals surface area (Å²) in [4.78, 5) is 1.38. The van der Waals surface area contributed by atoms with Gasteiger partial charge in [-0.25, -0.2) is 8.78 Å². The minimum Gasteiger partial charge on any atom is -0.488 e. The first kappa shape index (κ1) is 22.6. The third kappa shape index (κ3) is 5.66. The van der Waals surface area contributed by atoms with Crippen LogP contribution in [0.25, 0.3) is 0 Å². The fourth-order valence-electron chi connectivity index (χ4n) is 2.88. The topological polar surface area (TPSA) is 89.4 Å². The van der Waals surface area contributed by atoms with Gasteiger partial charge >= 0.3 is 0 Å². The summed E-state index contributed by atoms with van der Waals surface area (Å²) < 4.78 is 39.8. The Bertz CT molecular complexity index is 860. The summed E-state index contributed by atoms with van der Waals surface area (Å²) in [5, 5.41) is 12.9. The quantitative estimate of drug-likeness (QED) is 0.461. The number of hydrogen-bond acceptors (Lipinski definition) is 6. The standard InChI is InChI=1S/C20H29F2N5O2.H2/c1-6-20(21,22)12-26(3)18-10-17(27(4)25-18)19(24)15-9-14(7-8-16(15)23)29-13(2)11-28-5;/h7-10,13,24H,6,11-12,23H2,1-5H3;1H/t13-;/m0./s1. The molecule has 0 spiro atoms. The number of rotatable bonds is 10. The van der Waals surface area contributed by atoms with Crippen molar-refractivity contribution in [3.63, 3.8) is 0 Å². The third-order valence-electron chi connectivity index (χ3n) is 4.53. The van der Waals surface area contributed by atoms with Crippen LogP contribution in [-0.4, -0.2) is 54.8 Å². The van der Waals surface area contributed by atoms with Crippen LogP contribution in [0, 0.1) is 5.41 Å². The number of benzene rings is 1. The van der Waals surface area contributed by atoms with Crippen LogP contribution in [0.3, 0.4) is 0 Å². The van der Waals surface area contributed by atoms with E-state index in [1.807, 2.05) is 6.92 Å². The number of nitrogens with zero attached hydrogens (tertiary/aromatic N) is 3. The van der Waals surface area contributed by atoms with E-state index < -0.39 is 12.5 Å². The van der Waals surface area contributed by atoms with Gasteiger partial charge in [-0.1, -0.05) is 6.92 Å². The molecule has 29 heavy (non-hydrogen) atoms. The third-order valence-corrected chi connectivity index (χ3v) is 4.53. The molecule has 9 heteroatoms. The molecule has 2 aromatic rings. The maximum Gasteiger partial charge on any atom is 0.265 e. The molecule has 7 nitrogen and oxygen atoms in total. The second kappa shape index (κ2) is 9.21. The van der Waals surface area contributed by atoms with E-state index in [2.05, 4.69) is 5.10 Å². The lowest BCUT2D eigenvalue weighted by atomic mass is 10.0. The van der Waals surface area contributed by atoms with Crippen molar-refractivity contribution in [1.82, 2.24) is 9.78 Å². The highest BCUT2D eigenvalue weighted by molar-refractivity contribution is 6.13. The monoisotopic (exact) mass is 411 g/mol. The van der Waals surface area contributed by atoms with E-state index in [0.717, 1.165) is 0 Å². The van der Waals surface area contributed by atoms with Crippen LogP contribution < -0.4 is 15.4 Å². The molecule has 0 unspecified atom stereocenters.